The number of carbonyl (C=O) groups excluding carboxylic acids is 1. The molecule has 4 rings (SSSR count). The highest BCUT2D eigenvalue weighted by molar-refractivity contribution is 5.83. The van der Waals surface area contributed by atoms with E-state index in [9.17, 15) is 4.79 Å². The first-order chi connectivity index (χ1) is 13.0. The Kier molecular flexibility index (Phi) is 4.81. The average molecular weight is 368 g/mol. The number of hydrogen-bond acceptors (Lipinski definition) is 4. The molecular weight excluding hydrogens is 343 g/mol. The third kappa shape index (κ3) is 4.10. The van der Waals surface area contributed by atoms with Crippen LogP contribution < -0.4 is 5.32 Å². The van der Waals surface area contributed by atoms with E-state index in [2.05, 4.69) is 27.4 Å². The second-order valence-corrected chi connectivity index (χ2v) is 7.77. The highest BCUT2D eigenvalue weighted by Crippen LogP contribution is 2.48. The van der Waals surface area contributed by atoms with Gasteiger partial charge in [0.15, 0.2) is 0 Å². The fourth-order valence-corrected chi connectivity index (χ4v) is 3.80. The maximum Gasteiger partial charge on any atom is 0.226 e. The Morgan fingerprint density at radius 2 is 1.89 bits per heavy atom. The molecule has 1 saturated heterocycles. The van der Waals surface area contributed by atoms with Crippen LogP contribution in [0.1, 0.15) is 36.3 Å². The molecule has 1 amide bonds. The molecule has 2 unspecified atom stereocenters. The van der Waals surface area contributed by atoms with Crippen LogP contribution in [-0.2, 0) is 4.79 Å². The van der Waals surface area contributed by atoms with Gasteiger partial charge in [-0.05, 0) is 30.4 Å². The standard InChI is InChI=1S/C21H25FN4O/c1-15-12-23-20(24-13-15)25-14-21(22)7-9-26(10-8-21)19(27)18-11-17(18)16-5-3-2-4-6-16/h2-6,12-13,17-18H,7-11,14H2,1H3,(H,23,24,25). The molecule has 1 saturated carbocycles. The summed E-state index contributed by atoms with van der Waals surface area (Å²) in [5.74, 6) is 1.02. The van der Waals surface area contributed by atoms with Gasteiger partial charge >= 0.3 is 0 Å². The van der Waals surface area contributed by atoms with Gasteiger partial charge in [0.05, 0.1) is 6.54 Å². The van der Waals surface area contributed by atoms with E-state index in [1.165, 1.54) is 5.56 Å². The number of alkyl halides is 1. The monoisotopic (exact) mass is 368 g/mol. The largest absolute Gasteiger partial charge is 0.351 e. The number of hydrogen-bond donors (Lipinski definition) is 1. The minimum absolute atomic E-state index is 0.0681. The van der Waals surface area contributed by atoms with E-state index in [0.717, 1.165) is 12.0 Å². The predicted octanol–water partition coefficient (Wildman–Crippen LogP) is 3.33. The average Bonchev–Trinajstić information content (AvgIpc) is 3.49. The Bertz CT molecular complexity index is 788. The number of anilines is 1. The Morgan fingerprint density at radius 3 is 2.56 bits per heavy atom. The van der Waals surface area contributed by atoms with Crippen molar-refractivity contribution in [3.8, 4) is 0 Å². The molecule has 1 aliphatic carbocycles. The molecule has 1 aromatic heterocycles. The number of rotatable bonds is 5. The highest BCUT2D eigenvalue weighted by Gasteiger charge is 2.47. The van der Waals surface area contributed by atoms with Crippen LogP contribution in [-0.4, -0.2) is 46.1 Å². The summed E-state index contributed by atoms with van der Waals surface area (Å²) in [5, 5.41) is 2.99. The Balaban J connectivity index is 1.27. The SMILES string of the molecule is Cc1cnc(NCC2(F)CCN(C(=O)C3CC3c3ccccc3)CC2)nc1. The first-order valence-electron chi connectivity index (χ1n) is 9.59. The molecule has 5 nitrogen and oxygen atoms in total. The maximum atomic E-state index is 15.1. The summed E-state index contributed by atoms with van der Waals surface area (Å²) in [4.78, 5) is 22.9. The number of halogens is 1. The van der Waals surface area contributed by atoms with Crippen molar-refractivity contribution in [1.82, 2.24) is 14.9 Å². The zero-order valence-corrected chi connectivity index (χ0v) is 15.6. The lowest BCUT2D eigenvalue weighted by Gasteiger charge is -2.36. The van der Waals surface area contributed by atoms with E-state index in [1.54, 1.807) is 12.4 Å². The molecule has 2 aliphatic rings. The normalized spacial score (nSPS) is 23.7. The summed E-state index contributed by atoms with van der Waals surface area (Å²) >= 11 is 0. The van der Waals surface area contributed by atoms with Crippen molar-refractivity contribution >= 4 is 11.9 Å². The first-order valence-corrected chi connectivity index (χ1v) is 9.59. The lowest BCUT2D eigenvalue weighted by atomic mass is 9.93. The zero-order chi connectivity index (χ0) is 18.9. The van der Waals surface area contributed by atoms with Gasteiger partial charge in [0.25, 0.3) is 0 Å². The Labute approximate surface area is 159 Å². The fraction of sp³-hybridized carbons (Fsp3) is 0.476. The quantitative estimate of drug-likeness (QED) is 0.879. The van der Waals surface area contributed by atoms with Gasteiger partial charge in [0.1, 0.15) is 5.67 Å². The number of nitrogens with one attached hydrogen (secondary N) is 1. The van der Waals surface area contributed by atoms with Crippen LogP contribution in [0.3, 0.4) is 0 Å². The van der Waals surface area contributed by atoms with Crippen molar-refractivity contribution in [3.63, 3.8) is 0 Å². The van der Waals surface area contributed by atoms with E-state index < -0.39 is 5.67 Å². The van der Waals surface area contributed by atoms with Crippen LogP contribution in [0.4, 0.5) is 10.3 Å². The summed E-state index contributed by atoms with van der Waals surface area (Å²) in [6.07, 6.45) is 5.02. The van der Waals surface area contributed by atoms with E-state index >= 15 is 4.39 Å². The predicted molar refractivity (Wildman–Crippen MR) is 102 cm³/mol. The second-order valence-electron chi connectivity index (χ2n) is 7.77. The van der Waals surface area contributed by atoms with Crippen molar-refractivity contribution in [2.45, 2.75) is 37.8 Å². The molecule has 0 spiro atoms. The van der Waals surface area contributed by atoms with Crippen molar-refractivity contribution in [1.29, 1.82) is 0 Å². The molecule has 6 heteroatoms. The zero-order valence-electron chi connectivity index (χ0n) is 15.6. The van der Waals surface area contributed by atoms with Crippen molar-refractivity contribution in [3.05, 3.63) is 53.9 Å². The van der Waals surface area contributed by atoms with Gasteiger partial charge in [-0.3, -0.25) is 4.79 Å². The molecule has 2 fully saturated rings. The number of likely N-dealkylation sites (tertiary alicyclic amines) is 1. The minimum atomic E-state index is -1.33. The molecule has 0 bridgehead atoms. The number of piperidine rings is 1. The fourth-order valence-electron chi connectivity index (χ4n) is 3.80. The second kappa shape index (κ2) is 7.25. The van der Waals surface area contributed by atoms with Crippen LogP contribution in [0.2, 0.25) is 0 Å². The maximum absolute atomic E-state index is 15.1. The van der Waals surface area contributed by atoms with Gasteiger partial charge in [-0.15, -0.1) is 0 Å². The molecular formula is C21H25FN4O. The van der Waals surface area contributed by atoms with Crippen molar-refractivity contribution in [2.24, 2.45) is 5.92 Å². The molecule has 1 N–H and O–H groups in total. The van der Waals surface area contributed by atoms with E-state index in [0.29, 0.717) is 37.8 Å². The summed E-state index contributed by atoms with van der Waals surface area (Å²) < 4.78 is 15.1. The van der Waals surface area contributed by atoms with Gasteiger partial charge < -0.3 is 10.2 Å². The van der Waals surface area contributed by atoms with Gasteiger partial charge in [0, 0.05) is 44.2 Å². The van der Waals surface area contributed by atoms with Crippen LogP contribution in [0, 0.1) is 12.8 Å². The first kappa shape index (κ1) is 17.9. The van der Waals surface area contributed by atoms with Gasteiger partial charge in [-0.1, -0.05) is 30.3 Å². The van der Waals surface area contributed by atoms with E-state index in [1.807, 2.05) is 30.0 Å². The molecule has 1 aliphatic heterocycles. The summed E-state index contributed by atoms with van der Waals surface area (Å²) in [6, 6.07) is 10.2. The molecule has 142 valence electrons. The third-order valence-electron chi connectivity index (χ3n) is 5.65. The Hall–Kier alpha value is -2.50. The third-order valence-corrected chi connectivity index (χ3v) is 5.65. The summed E-state index contributed by atoms with van der Waals surface area (Å²) in [5.41, 5.74) is 0.874. The molecule has 2 atom stereocenters. The Morgan fingerprint density at radius 1 is 1.22 bits per heavy atom. The smallest absolute Gasteiger partial charge is 0.226 e. The van der Waals surface area contributed by atoms with Crippen LogP contribution >= 0.6 is 0 Å². The lowest BCUT2D eigenvalue weighted by Crippen LogP contribution is -2.48. The molecule has 2 heterocycles. The van der Waals surface area contributed by atoms with Gasteiger partial charge in [0.2, 0.25) is 11.9 Å². The number of carbonyl (C=O) groups is 1. The van der Waals surface area contributed by atoms with Crippen molar-refractivity contribution in [2.75, 3.05) is 25.0 Å². The lowest BCUT2D eigenvalue weighted by molar-refractivity contribution is -0.135. The molecule has 2 aromatic rings. The van der Waals surface area contributed by atoms with Crippen LogP contribution in [0.5, 0.6) is 0 Å². The molecule has 27 heavy (non-hydrogen) atoms. The number of nitrogens with zero attached hydrogens (tertiary/aromatic N) is 3. The number of amides is 1. The van der Waals surface area contributed by atoms with Crippen LogP contribution in [0.25, 0.3) is 0 Å². The van der Waals surface area contributed by atoms with Crippen molar-refractivity contribution < 1.29 is 9.18 Å². The van der Waals surface area contributed by atoms with Gasteiger partial charge in [-0.25, -0.2) is 14.4 Å². The van der Waals surface area contributed by atoms with Gasteiger partial charge in [-0.2, -0.15) is 0 Å². The van der Waals surface area contributed by atoms with E-state index in [-0.39, 0.29) is 18.4 Å². The topological polar surface area (TPSA) is 58.1 Å². The van der Waals surface area contributed by atoms with E-state index in [4.69, 9.17) is 0 Å². The highest BCUT2D eigenvalue weighted by atomic mass is 19.1. The summed E-state index contributed by atoms with van der Waals surface area (Å²) in [6.45, 7) is 3.04. The number of aryl methyl sites for hydroxylation is 1. The minimum Gasteiger partial charge on any atom is -0.351 e. The molecule has 1 aromatic carbocycles. The number of benzene rings is 1. The number of aromatic nitrogens is 2. The molecule has 0 radical (unpaired) electrons. The van der Waals surface area contributed by atoms with Crippen LogP contribution in [0.15, 0.2) is 42.7 Å². The summed E-state index contributed by atoms with van der Waals surface area (Å²) in [7, 11) is 0.